The zero-order valence-corrected chi connectivity index (χ0v) is 21.6. The molecule has 36 heavy (non-hydrogen) atoms. The van der Waals surface area contributed by atoms with E-state index in [0.717, 1.165) is 51.5 Å². The van der Waals surface area contributed by atoms with Crippen molar-refractivity contribution >= 4 is 51.9 Å². The molecule has 0 aliphatic carbocycles. The minimum absolute atomic E-state index is 0.0246. The number of aromatic carboxylic acids is 1. The zero-order chi connectivity index (χ0) is 25.7. The molecule has 2 aromatic carbocycles. The van der Waals surface area contributed by atoms with E-state index >= 15 is 0 Å². The zero-order valence-electron chi connectivity index (χ0n) is 20.1. The average molecular weight is 523 g/mol. The third-order valence-electron chi connectivity index (χ3n) is 6.57. The van der Waals surface area contributed by atoms with Gasteiger partial charge < -0.3 is 14.6 Å². The van der Waals surface area contributed by atoms with Crippen LogP contribution >= 0.6 is 23.2 Å². The number of hydrogen-bond donors (Lipinski definition) is 1. The van der Waals surface area contributed by atoms with Gasteiger partial charge in [-0.05, 0) is 61.2 Å². The molecule has 9 heteroatoms. The number of hydrogen-bond acceptors (Lipinski definition) is 4. The maximum absolute atomic E-state index is 13.4. The van der Waals surface area contributed by atoms with Gasteiger partial charge in [0.15, 0.2) is 5.65 Å². The van der Waals surface area contributed by atoms with Gasteiger partial charge in [0.2, 0.25) is 0 Å². The number of carbonyl (C=O) groups excluding carboxylic acids is 1. The number of benzene rings is 2. The van der Waals surface area contributed by atoms with Crippen LogP contribution < -0.4 is 4.90 Å². The second kappa shape index (κ2) is 9.22. The number of anilines is 1. The molecule has 0 fully saturated rings. The van der Waals surface area contributed by atoms with Crippen molar-refractivity contribution in [1.82, 2.24) is 14.5 Å². The lowest BCUT2D eigenvalue weighted by atomic mass is 10.1. The highest BCUT2D eigenvalue weighted by atomic mass is 35.5. The Morgan fingerprint density at radius 3 is 2.44 bits per heavy atom. The van der Waals surface area contributed by atoms with Crippen molar-refractivity contribution in [1.29, 1.82) is 0 Å². The van der Waals surface area contributed by atoms with Gasteiger partial charge in [-0.1, -0.05) is 42.3 Å². The molecule has 0 unspecified atom stereocenters. The van der Waals surface area contributed by atoms with Crippen molar-refractivity contribution < 1.29 is 14.7 Å². The summed E-state index contributed by atoms with van der Waals surface area (Å²) in [6.07, 6.45) is 1.44. The summed E-state index contributed by atoms with van der Waals surface area (Å²) in [5.41, 5.74) is 6.30. The Balaban J connectivity index is 1.50. The molecular weight excluding hydrogens is 499 g/mol. The lowest BCUT2D eigenvalue weighted by Crippen LogP contribution is -2.30. The standard InChI is InChI=1S/C27H24Cl2N4O3/c1-4-21-31-24-14(2)11-15(3)30-25(24)33(21)13-16-5-8-20-17(12-16)9-10-32(20)26(34)22-18(28)6-7-19(29)23(22)27(35)36/h5-8,11-12H,4,9-10,13H2,1-3H3,(H,35,36). The highest BCUT2D eigenvalue weighted by molar-refractivity contribution is 6.39. The number of amides is 1. The van der Waals surface area contributed by atoms with Crippen LogP contribution in [0.15, 0.2) is 36.4 Å². The van der Waals surface area contributed by atoms with Crippen LogP contribution in [0.4, 0.5) is 5.69 Å². The highest BCUT2D eigenvalue weighted by Crippen LogP contribution is 2.35. The van der Waals surface area contributed by atoms with Crippen molar-refractivity contribution in [3.63, 3.8) is 0 Å². The molecule has 0 spiro atoms. The van der Waals surface area contributed by atoms with Crippen LogP contribution in [0.2, 0.25) is 10.0 Å². The van der Waals surface area contributed by atoms with Crippen LogP contribution in [0.3, 0.4) is 0 Å². The number of carboxylic acids is 1. The molecule has 2 aromatic heterocycles. The Bertz CT molecular complexity index is 1560. The fraction of sp³-hybridized carbons (Fsp3) is 0.259. The molecule has 4 aromatic rings. The molecule has 1 N–H and O–H groups in total. The van der Waals surface area contributed by atoms with Crippen LogP contribution in [-0.2, 0) is 19.4 Å². The molecule has 0 bridgehead atoms. The number of nitrogens with zero attached hydrogens (tertiary/aromatic N) is 4. The highest BCUT2D eigenvalue weighted by Gasteiger charge is 2.31. The van der Waals surface area contributed by atoms with E-state index in [-0.39, 0.29) is 21.2 Å². The Labute approximate surface area is 218 Å². The van der Waals surface area contributed by atoms with Gasteiger partial charge in [0, 0.05) is 24.3 Å². The molecule has 0 atom stereocenters. The second-order valence-corrected chi connectivity index (χ2v) is 9.79. The molecule has 1 aliphatic rings. The van der Waals surface area contributed by atoms with E-state index in [1.165, 1.54) is 12.1 Å². The third kappa shape index (κ3) is 4.02. The first kappa shape index (κ1) is 24.3. The number of rotatable bonds is 5. The Morgan fingerprint density at radius 1 is 1.03 bits per heavy atom. The summed E-state index contributed by atoms with van der Waals surface area (Å²) in [7, 11) is 0. The number of halogens is 2. The van der Waals surface area contributed by atoms with Gasteiger partial charge in [0.1, 0.15) is 11.3 Å². The predicted molar refractivity (Wildman–Crippen MR) is 141 cm³/mol. The quantitative estimate of drug-likeness (QED) is 0.354. The van der Waals surface area contributed by atoms with Crippen LogP contribution in [0.25, 0.3) is 11.2 Å². The summed E-state index contributed by atoms with van der Waals surface area (Å²) in [6, 6.07) is 10.9. The summed E-state index contributed by atoms with van der Waals surface area (Å²) >= 11 is 12.4. The SMILES string of the molecule is CCc1nc2c(C)cc(C)nc2n1Cc1ccc2c(c1)CCN2C(=O)c1c(Cl)ccc(Cl)c1C(=O)O. The van der Waals surface area contributed by atoms with E-state index in [9.17, 15) is 14.7 Å². The largest absolute Gasteiger partial charge is 0.478 e. The number of pyridine rings is 1. The number of fused-ring (bicyclic) bond motifs is 2. The smallest absolute Gasteiger partial charge is 0.338 e. The van der Waals surface area contributed by atoms with Crippen molar-refractivity contribution in [2.75, 3.05) is 11.4 Å². The first-order valence-electron chi connectivity index (χ1n) is 11.7. The monoisotopic (exact) mass is 522 g/mol. The van der Waals surface area contributed by atoms with E-state index < -0.39 is 11.9 Å². The Kier molecular flexibility index (Phi) is 6.22. The minimum Gasteiger partial charge on any atom is -0.478 e. The maximum Gasteiger partial charge on any atom is 0.338 e. The predicted octanol–water partition coefficient (Wildman–Crippen LogP) is 5.87. The van der Waals surface area contributed by atoms with Gasteiger partial charge in [-0.2, -0.15) is 0 Å². The molecule has 5 rings (SSSR count). The first-order valence-corrected chi connectivity index (χ1v) is 12.4. The first-order chi connectivity index (χ1) is 17.2. The topological polar surface area (TPSA) is 88.3 Å². The molecule has 184 valence electrons. The van der Waals surface area contributed by atoms with E-state index in [4.69, 9.17) is 33.2 Å². The summed E-state index contributed by atoms with van der Waals surface area (Å²) < 4.78 is 2.15. The number of carbonyl (C=O) groups is 2. The van der Waals surface area contributed by atoms with Gasteiger partial charge in [0.05, 0.1) is 27.7 Å². The lowest BCUT2D eigenvalue weighted by molar-refractivity contribution is 0.0692. The second-order valence-electron chi connectivity index (χ2n) is 8.97. The number of carboxylic acid groups (broad SMARTS) is 1. The van der Waals surface area contributed by atoms with E-state index in [1.54, 1.807) is 4.90 Å². The van der Waals surface area contributed by atoms with Crippen molar-refractivity contribution in [3.05, 3.63) is 85.8 Å². The summed E-state index contributed by atoms with van der Waals surface area (Å²) in [5.74, 6) is -0.797. The molecule has 3 heterocycles. The molecule has 7 nitrogen and oxygen atoms in total. The van der Waals surface area contributed by atoms with Crippen LogP contribution in [0.1, 0.15) is 55.8 Å². The van der Waals surface area contributed by atoms with Gasteiger partial charge >= 0.3 is 5.97 Å². The van der Waals surface area contributed by atoms with Gasteiger partial charge in [0.25, 0.3) is 5.91 Å². The van der Waals surface area contributed by atoms with Crippen LogP contribution in [0.5, 0.6) is 0 Å². The fourth-order valence-electron chi connectivity index (χ4n) is 4.94. The fourth-order valence-corrected chi connectivity index (χ4v) is 5.41. The minimum atomic E-state index is -1.29. The third-order valence-corrected chi connectivity index (χ3v) is 7.20. The molecule has 1 amide bonds. The van der Waals surface area contributed by atoms with Crippen molar-refractivity contribution in [2.45, 2.75) is 40.2 Å². The maximum atomic E-state index is 13.4. The summed E-state index contributed by atoms with van der Waals surface area (Å²) in [6.45, 7) is 7.15. The number of aromatic nitrogens is 3. The van der Waals surface area contributed by atoms with Crippen LogP contribution in [-0.4, -0.2) is 38.1 Å². The van der Waals surface area contributed by atoms with Gasteiger partial charge in [-0.3, -0.25) is 4.79 Å². The number of aryl methyl sites for hydroxylation is 3. The van der Waals surface area contributed by atoms with Crippen LogP contribution in [0, 0.1) is 13.8 Å². The molecular formula is C27H24Cl2N4O3. The van der Waals surface area contributed by atoms with Crippen molar-refractivity contribution in [3.8, 4) is 0 Å². The normalized spacial score (nSPS) is 12.9. The van der Waals surface area contributed by atoms with Crippen molar-refractivity contribution in [2.24, 2.45) is 0 Å². The summed E-state index contributed by atoms with van der Waals surface area (Å²) in [4.78, 5) is 36.4. The number of imidazole rings is 1. The Hall–Kier alpha value is -3.42. The van der Waals surface area contributed by atoms with E-state index in [1.807, 2.05) is 25.1 Å². The molecule has 0 radical (unpaired) electrons. The summed E-state index contributed by atoms with van der Waals surface area (Å²) in [5, 5.41) is 9.68. The molecule has 1 aliphatic heterocycles. The van der Waals surface area contributed by atoms with E-state index in [2.05, 4.69) is 24.5 Å². The van der Waals surface area contributed by atoms with Gasteiger partial charge in [-0.15, -0.1) is 0 Å². The molecule has 0 saturated heterocycles. The van der Waals surface area contributed by atoms with Gasteiger partial charge in [-0.25, -0.2) is 14.8 Å². The Morgan fingerprint density at radius 2 is 1.75 bits per heavy atom. The average Bonchev–Trinajstić information content (AvgIpc) is 3.41. The van der Waals surface area contributed by atoms with E-state index in [0.29, 0.717) is 19.5 Å². The lowest BCUT2D eigenvalue weighted by Gasteiger charge is -2.20. The molecule has 0 saturated carbocycles.